The molecule has 0 aromatic heterocycles. The summed E-state index contributed by atoms with van der Waals surface area (Å²) in [6.45, 7) is 15.7. The van der Waals surface area contributed by atoms with E-state index in [1.54, 1.807) is 0 Å². The van der Waals surface area contributed by atoms with Crippen molar-refractivity contribution in [3.63, 3.8) is 0 Å². The lowest BCUT2D eigenvalue weighted by molar-refractivity contribution is 0.340. The minimum atomic E-state index is 0.699. The van der Waals surface area contributed by atoms with E-state index in [-0.39, 0.29) is 0 Å². The Morgan fingerprint density at radius 1 is 1.08 bits per heavy atom. The van der Waals surface area contributed by atoms with Crippen LogP contribution in [0.1, 0.15) is 59.1 Å². The third-order valence-electron chi connectivity index (χ3n) is 4.41. The van der Waals surface area contributed by atoms with Crippen molar-refractivity contribution in [2.24, 2.45) is 0 Å². The third-order valence-corrected chi connectivity index (χ3v) is 4.41. The molecule has 1 nitrogen and oxygen atoms in total. The first-order valence-corrected chi connectivity index (χ1v) is 8.89. The van der Waals surface area contributed by atoms with Crippen LogP contribution in [-0.4, -0.2) is 6.61 Å². The molecule has 0 aliphatic heterocycles. The summed E-state index contributed by atoms with van der Waals surface area (Å²) < 4.78 is 5.57. The topological polar surface area (TPSA) is 9.23 Å². The molecule has 0 fully saturated rings. The molecule has 0 aliphatic rings. The molecule has 1 rings (SSSR count). The molecule has 1 aromatic carbocycles. The number of rotatable bonds is 7. The van der Waals surface area contributed by atoms with Gasteiger partial charge in [0.25, 0.3) is 0 Å². The number of aryl methyl sites for hydroxylation is 1. The smallest absolute Gasteiger partial charge is 0.119 e. The van der Waals surface area contributed by atoms with Gasteiger partial charge in [-0.15, -0.1) is 0 Å². The van der Waals surface area contributed by atoms with E-state index in [9.17, 15) is 0 Å². The third kappa shape index (κ3) is 5.26. The van der Waals surface area contributed by atoms with Gasteiger partial charge < -0.3 is 4.74 Å². The van der Waals surface area contributed by atoms with E-state index < -0.39 is 0 Å². The minimum absolute atomic E-state index is 0.699. The van der Waals surface area contributed by atoms with Crippen LogP contribution in [0.4, 0.5) is 0 Å². The number of benzene rings is 1. The highest BCUT2D eigenvalue weighted by atomic mass is 16.5. The lowest BCUT2D eigenvalue weighted by Crippen LogP contribution is -1.94. The van der Waals surface area contributed by atoms with Crippen molar-refractivity contribution in [3.8, 4) is 5.75 Å². The Hall–Kier alpha value is -2.02. The number of hydrogen-bond acceptors (Lipinski definition) is 1. The highest BCUT2D eigenvalue weighted by molar-refractivity contribution is 5.63. The zero-order valence-corrected chi connectivity index (χ0v) is 16.4. The van der Waals surface area contributed by atoms with Crippen LogP contribution in [0.2, 0.25) is 0 Å². The van der Waals surface area contributed by atoms with E-state index in [1.807, 2.05) is 13.0 Å². The quantitative estimate of drug-likeness (QED) is 0.488. The van der Waals surface area contributed by atoms with Gasteiger partial charge in [-0.05, 0) is 87.9 Å². The monoisotopic (exact) mass is 324 g/mol. The first kappa shape index (κ1) is 20.0. The fourth-order valence-electron chi connectivity index (χ4n) is 2.67. The lowest BCUT2D eigenvalue weighted by atomic mass is 9.92. The van der Waals surface area contributed by atoms with Gasteiger partial charge in [-0.1, -0.05) is 42.9 Å². The number of hydrogen-bond donors (Lipinski definition) is 0. The number of ether oxygens (including phenoxy) is 1. The van der Waals surface area contributed by atoms with Crippen molar-refractivity contribution in [2.45, 2.75) is 54.9 Å². The number of allylic oxidation sites excluding steroid dienone is 7. The molecule has 0 atom stereocenters. The van der Waals surface area contributed by atoms with Gasteiger partial charge in [0, 0.05) is 0 Å². The summed E-state index contributed by atoms with van der Waals surface area (Å²) in [7, 11) is 0. The molecule has 130 valence electrons. The molecule has 0 saturated carbocycles. The predicted molar refractivity (Wildman–Crippen MR) is 108 cm³/mol. The molecule has 24 heavy (non-hydrogen) atoms. The van der Waals surface area contributed by atoms with E-state index in [0.717, 1.165) is 12.2 Å². The molecule has 1 heteroatoms. The Balaban J connectivity index is 3.24. The van der Waals surface area contributed by atoms with Crippen molar-refractivity contribution in [1.29, 1.82) is 0 Å². The Bertz CT molecular complexity index is 669. The summed E-state index contributed by atoms with van der Waals surface area (Å²) in [4.78, 5) is 0. The largest absolute Gasteiger partial charge is 0.494 e. The molecular weight excluding hydrogens is 292 g/mol. The van der Waals surface area contributed by atoms with Crippen LogP contribution in [-0.2, 0) is 0 Å². The normalized spacial score (nSPS) is 14.1. The van der Waals surface area contributed by atoms with Crippen LogP contribution in [0.15, 0.2) is 58.7 Å². The maximum Gasteiger partial charge on any atom is 0.119 e. The molecule has 0 bridgehead atoms. The van der Waals surface area contributed by atoms with Crippen LogP contribution in [0.3, 0.4) is 0 Å². The molecule has 0 unspecified atom stereocenters. The molecule has 0 saturated heterocycles. The van der Waals surface area contributed by atoms with Crippen molar-refractivity contribution in [1.82, 2.24) is 0 Å². The second kappa shape index (κ2) is 9.97. The van der Waals surface area contributed by atoms with Crippen LogP contribution in [0.25, 0.3) is 6.08 Å². The second-order valence-corrected chi connectivity index (χ2v) is 6.01. The van der Waals surface area contributed by atoms with Gasteiger partial charge in [0.15, 0.2) is 0 Å². The van der Waals surface area contributed by atoms with Gasteiger partial charge in [-0.2, -0.15) is 0 Å². The average Bonchev–Trinajstić information content (AvgIpc) is 2.59. The summed E-state index contributed by atoms with van der Waals surface area (Å²) in [5.41, 5.74) is 7.82. The summed E-state index contributed by atoms with van der Waals surface area (Å²) in [6, 6.07) is 6.28. The Labute approximate surface area is 148 Å². The first-order chi connectivity index (χ1) is 11.5. The first-order valence-electron chi connectivity index (χ1n) is 8.89. The molecule has 0 aliphatic carbocycles. The zero-order chi connectivity index (χ0) is 18.1. The molecular formula is C23H32O. The van der Waals surface area contributed by atoms with Crippen LogP contribution >= 0.6 is 0 Å². The van der Waals surface area contributed by atoms with Gasteiger partial charge in [0.05, 0.1) is 6.61 Å². The van der Waals surface area contributed by atoms with Gasteiger partial charge in [-0.3, -0.25) is 0 Å². The van der Waals surface area contributed by atoms with E-state index in [1.165, 1.54) is 33.4 Å². The molecule has 0 N–H and O–H groups in total. The van der Waals surface area contributed by atoms with Gasteiger partial charge >= 0.3 is 0 Å². The molecule has 0 radical (unpaired) electrons. The van der Waals surface area contributed by atoms with E-state index in [0.29, 0.717) is 6.61 Å². The summed E-state index contributed by atoms with van der Waals surface area (Å²) in [5.74, 6) is 0.937. The summed E-state index contributed by atoms with van der Waals surface area (Å²) >= 11 is 0. The molecule has 1 aromatic rings. The average molecular weight is 325 g/mol. The van der Waals surface area contributed by atoms with Crippen LogP contribution < -0.4 is 4.74 Å². The lowest BCUT2D eigenvalue weighted by Gasteiger charge is -2.13. The van der Waals surface area contributed by atoms with Crippen molar-refractivity contribution >= 4 is 6.08 Å². The minimum Gasteiger partial charge on any atom is -0.494 e. The Kier molecular flexibility index (Phi) is 8.32. The predicted octanol–water partition coefficient (Wildman–Crippen LogP) is 7.05. The SMILES string of the molecule is C\C=C(C)/C(=C\C)C(/C=C\c1ccc(OCC)cc1C)=C(/C)CC. The van der Waals surface area contributed by atoms with Gasteiger partial charge in [0.1, 0.15) is 5.75 Å². The van der Waals surface area contributed by atoms with E-state index in [4.69, 9.17) is 4.74 Å². The highest BCUT2D eigenvalue weighted by Crippen LogP contribution is 2.27. The highest BCUT2D eigenvalue weighted by Gasteiger charge is 2.07. The van der Waals surface area contributed by atoms with Crippen LogP contribution in [0.5, 0.6) is 5.75 Å². The molecule has 0 spiro atoms. The Morgan fingerprint density at radius 2 is 1.79 bits per heavy atom. The fraction of sp³-hybridized carbons (Fsp3) is 0.391. The van der Waals surface area contributed by atoms with E-state index >= 15 is 0 Å². The van der Waals surface area contributed by atoms with Gasteiger partial charge in [0.2, 0.25) is 0 Å². The van der Waals surface area contributed by atoms with Crippen molar-refractivity contribution in [2.75, 3.05) is 6.61 Å². The maximum atomic E-state index is 5.57. The fourth-order valence-corrected chi connectivity index (χ4v) is 2.67. The molecule has 0 amide bonds. The maximum absolute atomic E-state index is 5.57. The molecule has 0 heterocycles. The summed E-state index contributed by atoms with van der Waals surface area (Å²) in [5, 5.41) is 0. The standard InChI is InChI=1S/C23H32O/c1-8-17(5)22(10-3)23(18(6)9-2)15-13-20-12-14-21(24-11-4)16-19(20)7/h8,10,12-16H,9,11H2,1-7H3/b15-13-,17-8-,22-10+,23-18-. The van der Waals surface area contributed by atoms with Crippen molar-refractivity contribution in [3.05, 3.63) is 69.8 Å². The summed E-state index contributed by atoms with van der Waals surface area (Å²) in [6.07, 6.45) is 9.90. The Morgan fingerprint density at radius 3 is 2.29 bits per heavy atom. The van der Waals surface area contributed by atoms with Crippen LogP contribution in [0, 0.1) is 6.92 Å². The second-order valence-electron chi connectivity index (χ2n) is 6.01. The van der Waals surface area contributed by atoms with Crippen molar-refractivity contribution < 1.29 is 4.74 Å². The van der Waals surface area contributed by atoms with E-state index in [2.05, 4.69) is 78.0 Å². The zero-order valence-electron chi connectivity index (χ0n) is 16.4. The van der Waals surface area contributed by atoms with Gasteiger partial charge in [-0.25, -0.2) is 0 Å².